The molecular formula is C20H10ClF5O. The lowest BCUT2D eigenvalue weighted by Crippen LogP contribution is -2.66. The van der Waals surface area contributed by atoms with Gasteiger partial charge in [-0.25, -0.2) is 22.0 Å². The number of alkyl halides is 4. The zero-order chi connectivity index (χ0) is 19.6. The third-order valence-electron chi connectivity index (χ3n) is 4.89. The lowest BCUT2D eigenvalue weighted by atomic mass is 9.61. The van der Waals surface area contributed by atoms with Gasteiger partial charge in [0.05, 0.1) is 0 Å². The summed E-state index contributed by atoms with van der Waals surface area (Å²) in [5, 5.41) is -4.15. The summed E-state index contributed by atoms with van der Waals surface area (Å²) in [7, 11) is 0. The van der Waals surface area contributed by atoms with E-state index < -0.39 is 45.0 Å². The maximum atomic E-state index is 15.8. The monoisotopic (exact) mass is 396 g/mol. The van der Waals surface area contributed by atoms with Gasteiger partial charge < -0.3 is 0 Å². The van der Waals surface area contributed by atoms with Crippen LogP contribution in [-0.4, -0.2) is 22.2 Å². The predicted molar refractivity (Wildman–Crippen MR) is 91.3 cm³/mol. The average Bonchev–Trinajstić information content (AvgIpc) is 2.68. The van der Waals surface area contributed by atoms with Crippen LogP contribution >= 0.6 is 11.6 Å². The highest BCUT2D eigenvalue weighted by Crippen LogP contribution is 2.67. The average molecular weight is 397 g/mol. The van der Waals surface area contributed by atoms with Crippen LogP contribution in [0.1, 0.15) is 11.1 Å². The van der Waals surface area contributed by atoms with Crippen LogP contribution in [-0.2, 0) is 4.79 Å². The van der Waals surface area contributed by atoms with Crippen LogP contribution < -0.4 is 0 Å². The van der Waals surface area contributed by atoms with Gasteiger partial charge in [0.2, 0.25) is 11.5 Å². The second-order valence-electron chi connectivity index (χ2n) is 6.33. The van der Waals surface area contributed by atoms with Gasteiger partial charge in [0.15, 0.2) is 11.7 Å². The number of carbonyl (C=O) groups excluding carboxylic acids is 1. The molecule has 7 heteroatoms. The maximum Gasteiger partial charge on any atom is 0.290 e. The minimum atomic E-state index is -4.15. The highest BCUT2D eigenvalue weighted by atomic mass is 35.5. The molecule has 2 bridgehead atoms. The van der Waals surface area contributed by atoms with Gasteiger partial charge in [-0.15, -0.1) is 0 Å². The standard InChI is InChI=1S/C20H10ClF5O/c21-20(26)17(27)18(24)13(11-7-3-1-4-8-11)14(12-9-5-2-6-10-12)19(20,25)16(23)15(18)22/h1-10H/t18-,19+,20-/m1/s1. The molecule has 0 spiro atoms. The van der Waals surface area contributed by atoms with Gasteiger partial charge >= 0.3 is 0 Å². The fourth-order valence-corrected chi connectivity index (χ4v) is 3.95. The molecule has 0 amide bonds. The predicted octanol–water partition coefficient (Wildman–Crippen LogP) is 5.67. The first-order valence-corrected chi connectivity index (χ1v) is 8.29. The fourth-order valence-electron chi connectivity index (χ4n) is 3.64. The molecule has 1 nitrogen and oxygen atoms in total. The SMILES string of the molecule is O=C1[C@]2(F)C(F)=C(F)[C@@](F)(C(c3ccccc3)=C2c2ccccc2)[C@@]1(F)Cl. The minimum absolute atomic E-state index is 0.0935. The van der Waals surface area contributed by atoms with Crippen molar-refractivity contribution in [1.29, 1.82) is 0 Å². The molecule has 0 saturated carbocycles. The zero-order valence-electron chi connectivity index (χ0n) is 13.4. The van der Waals surface area contributed by atoms with Crippen molar-refractivity contribution < 1.29 is 26.7 Å². The summed E-state index contributed by atoms with van der Waals surface area (Å²) in [4.78, 5) is 12.4. The number of allylic oxidation sites excluding steroid dienone is 4. The molecule has 0 heterocycles. The number of fused-ring (bicyclic) bond motifs is 1. The van der Waals surface area contributed by atoms with Crippen LogP contribution in [0, 0.1) is 0 Å². The topological polar surface area (TPSA) is 17.1 Å². The summed E-state index contributed by atoms with van der Waals surface area (Å²) in [5.41, 5.74) is -9.78. The number of carbonyl (C=O) groups is 1. The molecule has 3 atom stereocenters. The molecule has 0 fully saturated rings. The van der Waals surface area contributed by atoms with Crippen molar-refractivity contribution in [2.75, 3.05) is 0 Å². The second kappa shape index (κ2) is 5.52. The molecule has 2 aromatic rings. The number of Topliss-reactive ketones (excluding diaryl/α,β-unsaturated/α-hetero) is 1. The van der Waals surface area contributed by atoms with Crippen LogP contribution in [0.3, 0.4) is 0 Å². The first-order chi connectivity index (χ1) is 12.7. The van der Waals surface area contributed by atoms with Crippen LogP contribution in [0.4, 0.5) is 22.0 Å². The van der Waals surface area contributed by atoms with E-state index in [9.17, 15) is 18.0 Å². The van der Waals surface area contributed by atoms with E-state index in [1.165, 1.54) is 48.5 Å². The lowest BCUT2D eigenvalue weighted by Gasteiger charge is -2.49. The van der Waals surface area contributed by atoms with E-state index in [-0.39, 0.29) is 11.1 Å². The summed E-state index contributed by atoms with van der Waals surface area (Å²) in [5.74, 6) is -6.92. The molecule has 0 aromatic heterocycles. The first kappa shape index (κ1) is 17.9. The molecule has 3 aliphatic carbocycles. The highest BCUT2D eigenvalue weighted by molar-refractivity contribution is 6.42. The van der Waals surface area contributed by atoms with E-state index in [4.69, 9.17) is 11.6 Å². The van der Waals surface area contributed by atoms with Gasteiger partial charge in [-0.3, -0.25) is 4.79 Å². The van der Waals surface area contributed by atoms with Crippen LogP contribution in [0.25, 0.3) is 11.1 Å². The quantitative estimate of drug-likeness (QED) is 0.472. The molecular weight excluding hydrogens is 387 g/mol. The van der Waals surface area contributed by atoms with E-state index in [0.29, 0.717) is 0 Å². The third-order valence-corrected chi connectivity index (χ3v) is 5.32. The van der Waals surface area contributed by atoms with Crippen molar-refractivity contribution in [3.63, 3.8) is 0 Å². The molecule has 27 heavy (non-hydrogen) atoms. The Morgan fingerprint density at radius 3 is 1.63 bits per heavy atom. The molecule has 3 aliphatic rings. The van der Waals surface area contributed by atoms with E-state index in [0.717, 1.165) is 0 Å². The maximum absolute atomic E-state index is 15.8. The Labute approximate surface area is 155 Å². The molecule has 138 valence electrons. The normalized spacial score (nSPS) is 33.0. The second-order valence-corrected chi connectivity index (χ2v) is 6.85. The van der Waals surface area contributed by atoms with E-state index >= 15 is 8.78 Å². The van der Waals surface area contributed by atoms with Gasteiger partial charge in [-0.1, -0.05) is 72.3 Å². The number of rotatable bonds is 2. The van der Waals surface area contributed by atoms with Crippen LogP contribution in [0.15, 0.2) is 72.3 Å². The Hall–Kier alpha value is -2.47. The molecule has 2 aromatic carbocycles. The van der Waals surface area contributed by atoms with Crippen molar-refractivity contribution in [1.82, 2.24) is 0 Å². The number of ketones is 1. The molecule has 0 aliphatic heterocycles. The van der Waals surface area contributed by atoms with Gasteiger partial charge in [0, 0.05) is 11.1 Å². The highest BCUT2D eigenvalue weighted by Gasteiger charge is 2.79. The Morgan fingerprint density at radius 2 is 1.15 bits per heavy atom. The fraction of sp³-hybridized carbons (Fsp3) is 0.150. The zero-order valence-corrected chi connectivity index (χ0v) is 14.2. The number of hydrogen-bond donors (Lipinski definition) is 0. The van der Waals surface area contributed by atoms with Gasteiger partial charge in [0.25, 0.3) is 10.8 Å². The van der Waals surface area contributed by atoms with Gasteiger partial charge in [0.1, 0.15) is 0 Å². The van der Waals surface area contributed by atoms with Crippen molar-refractivity contribution >= 4 is 28.5 Å². The summed E-state index contributed by atoms with van der Waals surface area (Å²) in [6.45, 7) is 0. The number of benzene rings is 2. The Morgan fingerprint density at radius 1 is 0.704 bits per heavy atom. The summed E-state index contributed by atoms with van der Waals surface area (Å²) in [6, 6.07) is 13.9. The summed E-state index contributed by atoms with van der Waals surface area (Å²) in [6.07, 6.45) is 0. The Kier molecular flexibility index (Phi) is 3.66. The minimum Gasteiger partial charge on any atom is -0.290 e. The van der Waals surface area contributed by atoms with Crippen LogP contribution in [0.2, 0.25) is 0 Å². The van der Waals surface area contributed by atoms with Crippen molar-refractivity contribution in [2.24, 2.45) is 0 Å². The van der Waals surface area contributed by atoms with Crippen molar-refractivity contribution in [3.05, 3.63) is 83.4 Å². The van der Waals surface area contributed by atoms with Crippen molar-refractivity contribution in [3.8, 4) is 0 Å². The third kappa shape index (κ3) is 1.96. The Balaban J connectivity index is 2.22. The van der Waals surface area contributed by atoms with Gasteiger partial charge in [-0.2, -0.15) is 0 Å². The van der Waals surface area contributed by atoms with E-state index in [1.54, 1.807) is 12.1 Å². The summed E-state index contributed by atoms with van der Waals surface area (Å²) < 4.78 is 75.7. The molecule has 0 radical (unpaired) electrons. The van der Waals surface area contributed by atoms with E-state index in [2.05, 4.69) is 0 Å². The number of halogens is 6. The molecule has 0 unspecified atom stereocenters. The van der Waals surface area contributed by atoms with Crippen LogP contribution in [0.5, 0.6) is 0 Å². The lowest BCUT2D eigenvalue weighted by molar-refractivity contribution is -0.142. The summed E-state index contributed by atoms with van der Waals surface area (Å²) >= 11 is 5.40. The first-order valence-electron chi connectivity index (χ1n) is 7.91. The molecule has 5 rings (SSSR count). The van der Waals surface area contributed by atoms with Gasteiger partial charge in [-0.05, 0) is 11.1 Å². The largest absolute Gasteiger partial charge is 0.290 e. The smallest absolute Gasteiger partial charge is 0.290 e. The Bertz CT molecular complexity index is 1020. The molecule has 0 saturated heterocycles. The number of hydrogen-bond acceptors (Lipinski definition) is 1. The molecule has 0 N–H and O–H groups in total. The van der Waals surface area contributed by atoms with E-state index in [1.807, 2.05) is 0 Å². The van der Waals surface area contributed by atoms with Crippen molar-refractivity contribution in [2.45, 2.75) is 16.5 Å².